The number of amides is 1. The van der Waals surface area contributed by atoms with Crippen LogP contribution in [0.1, 0.15) is 27.5 Å². The van der Waals surface area contributed by atoms with E-state index in [0.717, 1.165) is 11.1 Å². The van der Waals surface area contributed by atoms with Gasteiger partial charge in [0.1, 0.15) is 12.4 Å². The maximum Gasteiger partial charge on any atom is 0.285 e. The molecule has 5 N–H and O–H groups in total. The van der Waals surface area contributed by atoms with Crippen molar-refractivity contribution in [2.24, 2.45) is 4.99 Å². The number of nitrogens with one attached hydrogen (secondary N) is 2. The predicted molar refractivity (Wildman–Crippen MR) is 116 cm³/mol. The molecule has 3 aromatic rings. The Hall–Kier alpha value is -4.00. The first-order valence-corrected chi connectivity index (χ1v) is 9.56. The van der Waals surface area contributed by atoms with Crippen molar-refractivity contribution in [3.63, 3.8) is 0 Å². The SMILES string of the molecule is Nc1ccccc1NC(=O)c1ccc(CN=C2N[C@@H](c3ccc(O)cc3)CO2)cc1. The van der Waals surface area contributed by atoms with Crippen LogP contribution in [0.2, 0.25) is 0 Å². The van der Waals surface area contributed by atoms with Gasteiger partial charge in [-0.25, -0.2) is 4.99 Å². The maximum atomic E-state index is 12.4. The van der Waals surface area contributed by atoms with Gasteiger partial charge in [0, 0.05) is 5.56 Å². The second-order valence-corrected chi connectivity index (χ2v) is 6.96. The molecule has 3 aromatic carbocycles. The summed E-state index contributed by atoms with van der Waals surface area (Å²) in [6, 6.07) is 21.9. The van der Waals surface area contributed by atoms with Crippen LogP contribution in [-0.4, -0.2) is 23.6 Å². The van der Waals surface area contributed by atoms with Crippen LogP contribution in [0.3, 0.4) is 0 Å². The van der Waals surface area contributed by atoms with E-state index in [9.17, 15) is 9.90 Å². The number of carbonyl (C=O) groups excluding carboxylic acids is 1. The molecule has 0 aliphatic carbocycles. The van der Waals surface area contributed by atoms with Crippen molar-refractivity contribution < 1.29 is 14.6 Å². The third kappa shape index (κ3) is 4.52. The molecular weight excluding hydrogens is 380 g/mol. The Labute approximate surface area is 174 Å². The largest absolute Gasteiger partial charge is 0.508 e. The molecule has 7 nitrogen and oxygen atoms in total. The number of para-hydroxylation sites is 2. The van der Waals surface area contributed by atoms with Gasteiger partial charge in [-0.1, -0.05) is 36.4 Å². The number of carbonyl (C=O) groups is 1. The highest BCUT2D eigenvalue weighted by atomic mass is 16.5. The molecule has 30 heavy (non-hydrogen) atoms. The van der Waals surface area contributed by atoms with E-state index in [0.29, 0.717) is 36.1 Å². The van der Waals surface area contributed by atoms with Gasteiger partial charge in [-0.2, -0.15) is 0 Å². The number of hydrogen-bond donors (Lipinski definition) is 4. The lowest BCUT2D eigenvalue weighted by molar-refractivity contribution is 0.102. The van der Waals surface area contributed by atoms with E-state index in [4.69, 9.17) is 10.5 Å². The molecular formula is C23H22N4O3. The predicted octanol–water partition coefficient (Wildman–Crippen LogP) is 3.44. The first-order chi connectivity index (χ1) is 14.6. The van der Waals surface area contributed by atoms with Gasteiger partial charge in [0.25, 0.3) is 11.9 Å². The molecule has 1 aliphatic rings. The number of nitrogens with zero attached hydrogens (tertiary/aromatic N) is 1. The maximum absolute atomic E-state index is 12.4. The van der Waals surface area contributed by atoms with E-state index >= 15 is 0 Å². The van der Waals surface area contributed by atoms with Crippen molar-refractivity contribution in [1.29, 1.82) is 0 Å². The Morgan fingerprint density at radius 3 is 2.57 bits per heavy atom. The van der Waals surface area contributed by atoms with Crippen molar-refractivity contribution in [3.05, 3.63) is 89.5 Å². The molecule has 1 atom stereocenters. The number of nitrogens with two attached hydrogens (primary N) is 1. The normalized spacial score (nSPS) is 16.7. The van der Waals surface area contributed by atoms with Crippen LogP contribution < -0.4 is 16.4 Å². The van der Waals surface area contributed by atoms with Crippen molar-refractivity contribution >= 4 is 23.3 Å². The van der Waals surface area contributed by atoms with Crippen LogP contribution in [-0.2, 0) is 11.3 Å². The Bertz CT molecular complexity index is 1060. The summed E-state index contributed by atoms with van der Waals surface area (Å²) < 4.78 is 5.61. The zero-order valence-corrected chi connectivity index (χ0v) is 16.2. The first-order valence-electron chi connectivity index (χ1n) is 9.56. The molecule has 0 saturated carbocycles. The minimum absolute atomic E-state index is 0.000782. The van der Waals surface area contributed by atoms with Crippen molar-refractivity contribution in [2.45, 2.75) is 12.6 Å². The number of ether oxygens (including phenoxy) is 1. The number of phenols is 1. The molecule has 1 heterocycles. The monoisotopic (exact) mass is 402 g/mol. The Balaban J connectivity index is 1.34. The molecule has 152 valence electrons. The highest BCUT2D eigenvalue weighted by Crippen LogP contribution is 2.21. The van der Waals surface area contributed by atoms with Gasteiger partial charge in [0.05, 0.1) is 24.0 Å². The zero-order valence-electron chi connectivity index (χ0n) is 16.2. The fraction of sp³-hybridized carbons (Fsp3) is 0.130. The van der Waals surface area contributed by atoms with E-state index in [1.165, 1.54) is 0 Å². The van der Waals surface area contributed by atoms with Gasteiger partial charge in [-0.05, 0) is 47.5 Å². The summed E-state index contributed by atoms with van der Waals surface area (Å²) in [7, 11) is 0. The van der Waals surface area contributed by atoms with Crippen LogP contribution in [0, 0.1) is 0 Å². The minimum atomic E-state index is -0.219. The number of hydrogen-bond acceptors (Lipinski definition) is 5. The quantitative estimate of drug-likeness (QED) is 0.489. The van der Waals surface area contributed by atoms with Gasteiger partial charge < -0.3 is 26.2 Å². The zero-order chi connectivity index (χ0) is 20.9. The summed E-state index contributed by atoms with van der Waals surface area (Å²) in [5.41, 5.74) is 9.49. The molecule has 1 aliphatic heterocycles. The molecule has 0 radical (unpaired) electrons. The van der Waals surface area contributed by atoms with Crippen molar-refractivity contribution in [2.75, 3.05) is 17.7 Å². The lowest BCUT2D eigenvalue weighted by atomic mass is 10.1. The highest BCUT2D eigenvalue weighted by Gasteiger charge is 2.22. The van der Waals surface area contributed by atoms with Crippen LogP contribution in [0.5, 0.6) is 5.75 Å². The fourth-order valence-corrected chi connectivity index (χ4v) is 3.10. The van der Waals surface area contributed by atoms with Crippen molar-refractivity contribution in [1.82, 2.24) is 5.32 Å². The standard InChI is InChI=1S/C23H22N4O3/c24-19-3-1-2-4-20(19)26-22(29)17-7-5-15(6-8-17)13-25-23-27-21(14-30-23)16-9-11-18(28)12-10-16/h1-12,21,28H,13-14,24H2,(H,25,27)(H,26,29)/t21-/m1/s1. The van der Waals surface area contributed by atoms with Gasteiger partial charge in [0.15, 0.2) is 0 Å². The number of benzene rings is 3. The van der Waals surface area contributed by atoms with Gasteiger partial charge in [0.2, 0.25) is 0 Å². The molecule has 0 spiro atoms. The van der Waals surface area contributed by atoms with Crippen molar-refractivity contribution in [3.8, 4) is 5.75 Å². The van der Waals surface area contributed by atoms with E-state index in [-0.39, 0.29) is 17.7 Å². The molecule has 0 unspecified atom stereocenters. The minimum Gasteiger partial charge on any atom is -0.508 e. The average molecular weight is 402 g/mol. The number of phenolic OH excluding ortho intramolecular Hbond substituents is 1. The molecule has 1 amide bonds. The van der Waals surface area contributed by atoms with E-state index < -0.39 is 0 Å². The molecule has 4 rings (SSSR count). The topological polar surface area (TPSA) is 109 Å². The number of aliphatic imine (C=N–C) groups is 1. The number of amidine groups is 1. The van der Waals surface area contributed by atoms with Gasteiger partial charge in [-0.15, -0.1) is 0 Å². The Kier molecular flexibility index (Phi) is 5.52. The molecule has 1 saturated heterocycles. The van der Waals surface area contributed by atoms with E-state index in [1.54, 1.807) is 36.4 Å². The third-order valence-corrected chi connectivity index (χ3v) is 4.81. The van der Waals surface area contributed by atoms with E-state index in [2.05, 4.69) is 15.6 Å². The fourth-order valence-electron chi connectivity index (χ4n) is 3.10. The van der Waals surface area contributed by atoms with Crippen LogP contribution in [0.25, 0.3) is 0 Å². The van der Waals surface area contributed by atoms with Gasteiger partial charge in [-0.3, -0.25) is 4.79 Å². The number of aromatic hydroxyl groups is 1. The Morgan fingerprint density at radius 1 is 1.10 bits per heavy atom. The van der Waals surface area contributed by atoms with Crippen LogP contribution in [0.4, 0.5) is 11.4 Å². The summed E-state index contributed by atoms with van der Waals surface area (Å²) in [6.45, 7) is 0.906. The van der Waals surface area contributed by atoms with Crippen LogP contribution in [0.15, 0.2) is 77.8 Å². The number of nitrogen functional groups attached to an aromatic ring is 1. The molecule has 7 heteroatoms. The first kappa shape index (κ1) is 19.3. The molecule has 0 bridgehead atoms. The smallest absolute Gasteiger partial charge is 0.285 e. The summed E-state index contributed by atoms with van der Waals surface area (Å²) in [5.74, 6) is 0.0132. The summed E-state index contributed by atoms with van der Waals surface area (Å²) in [4.78, 5) is 16.9. The lowest BCUT2D eigenvalue weighted by Crippen LogP contribution is -2.20. The lowest BCUT2D eigenvalue weighted by Gasteiger charge is -2.08. The van der Waals surface area contributed by atoms with E-state index in [1.807, 2.05) is 36.4 Å². The van der Waals surface area contributed by atoms with Crippen LogP contribution >= 0.6 is 0 Å². The Morgan fingerprint density at radius 2 is 1.83 bits per heavy atom. The second-order valence-electron chi connectivity index (χ2n) is 6.96. The summed E-state index contributed by atoms with van der Waals surface area (Å²) in [5, 5.41) is 15.4. The average Bonchev–Trinajstić information content (AvgIpc) is 3.24. The third-order valence-electron chi connectivity index (χ3n) is 4.81. The molecule has 0 aromatic heterocycles. The number of rotatable bonds is 5. The summed E-state index contributed by atoms with van der Waals surface area (Å²) >= 11 is 0. The second kappa shape index (κ2) is 8.57. The van der Waals surface area contributed by atoms with Gasteiger partial charge >= 0.3 is 0 Å². The molecule has 1 fully saturated rings. The summed E-state index contributed by atoms with van der Waals surface area (Å²) in [6.07, 6.45) is 0. The number of anilines is 2. The highest BCUT2D eigenvalue weighted by molar-refractivity contribution is 6.05.